The van der Waals surface area contributed by atoms with Crippen LogP contribution in [0.15, 0.2) is 30.3 Å². The average Bonchev–Trinajstić information content (AvgIpc) is 2.98. The first-order valence-electron chi connectivity index (χ1n) is 8.21. The molecule has 0 aliphatic carbocycles. The second kappa shape index (κ2) is 6.95. The number of likely N-dealkylation sites (tertiary alicyclic amines) is 1. The number of β-amino-alcohol motifs (C(OH)–C–C–N with tert-alkyl or cyclic N) is 1. The van der Waals surface area contributed by atoms with Crippen molar-refractivity contribution in [2.75, 3.05) is 20.2 Å². The quantitative estimate of drug-likeness (QED) is 0.925. The number of aliphatic hydroxyl groups is 1. The molecular weight excluding hydrogens is 322 g/mol. The SMILES string of the molecule is COc1ccc(-c2cc(C(=O)N3CCC(C)C(O)C3)sc2C)cc1. The highest BCUT2D eigenvalue weighted by atomic mass is 32.1. The molecule has 2 heterocycles. The topological polar surface area (TPSA) is 49.8 Å². The fraction of sp³-hybridized carbons (Fsp3) is 0.421. The van der Waals surface area contributed by atoms with Gasteiger partial charge in [0, 0.05) is 18.0 Å². The summed E-state index contributed by atoms with van der Waals surface area (Å²) in [5.41, 5.74) is 2.16. The van der Waals surface area contributed by atoms with E-state index < -0.39 is 6.10 Å². The van der Waals surface area contributed by atoms with Crippen LogP contribution in [-0.2, 0) is 0 Å². The summed E-state index contributed by atoms with van der Waals surface area (Å²) in [6.07, 6.45) is 0.424. The van der Waals surface area contributed by atoms with Crippen LogP contribution < -0.4 is 4.74 Å². The van der Waals surface area contributed by atoms with Gasteiger partial charge in [0.05, 0.1) is 18.1 Å². The van der Waals surface area contributed by atoms with Crippen LogP contribution in [-0.4, -0.2) is 42.2 Å². The Hall–Kier alpha value is -1.85. The van der Waals surface area contributed by atoms with Gasteiger partial charge in [0.25, 0.3) is 5.91 Å². The van der Waals surface area contributed by atoms with E-state index in [0.29, 0.717) is 13.1 Å². The number of benzene rings is 1. The summed E-state index contributed by atoms with van der Waals surface area (Å²) in [6.45, 7) is 5.21. The largest absolute Gasteiger partial charge is 0.497 e. The van der Waals surface area contributed by atoms with Crippen LogP contribution in [0.25, 0.3) is 11.1 Å². The van der Waals surface area contributed by atoms with Crippen LogP contribution in [0.2, 0.25) is 0 Å². The first-order chi connectivity index (χ1) is 11.5. The maximum Gasteiger partial charge on any atom is 0.264 e. The molecule has 1 saturated heterocycles. The van der Waals surface area contributed by atoms with E-state index in [-0.39, 0.29) is 11.8 Å². The number of rotatable bonds is 3. The molecule has 128 valence electrons. The van der Waals surface area contributed by atoms with Gasteiger partial charge >= 0.3 is 0 Å². The number of hydrogen-bond acceptors (Lipinski definition) is 4. The van der Waals surface area contributed by atoms with Gasteiger partial charge in [0.2, 0.25) is 0 Å². The lowest BCUT2D eigenvalue weighted by Crippen LogP contribution is -2.45. The molecule has 1 fully saturated rings. The molecule has 3 rings (SSSR count). The number of ether oxygens (including phenoxy) is 1. The number of methoxy groups -OCH3 is 1. The molecule has 0 spiro atoms. The van der Waals surface area contributed by atoms with Crippen LogP contribution in [0.4, 0.5) is 0 Å². The van der Waals surface area contributed by atoms with Gasteiger partial charge in [-0.05, 0) is 48.6 Å². The van der Waals surface area contributed by atoms with Crippen LogP contribution in [0.1, 0.15) is 27.9 Å². The number of aliphatic hydroxyl groups excluding tert-OH is 1. The molecule has 1 amide bonds. The first-order valence-corrected chi connectivity index (χ1v) is 9.03. The number of carbonyl (C=O) groups excluding carboxylic acids is 1. The van der Waals surface area contributed by atoms with E-state index >= 15 is 0 Å². The summed E-state index contributed by atoms with van der Waals surface area (Å²) in [5, 5.41) is 10.0. The minimum absolute atomic E-state index is 0.0220. The fourth-order valence-electron chi connectivity index (χ4n) is 3.03. The minimum Gasteiger partial charge on any atom is -0.497 e. The summed E-state index contributed by atoms with van der Waals surface area (Å²) < 4.78 is 5.19. The van der Waals surface area contributed by atoms with E-state index in [1.807, 2.05) is 44.2 Å². The summed E-state index contributed by atoms with van der Waals surface area (Å²) in [5.74, 6) is 1.10. The third-order valence-electron chi connectivity index (χ3n) is 4.74. The Morgan fingerprint density at radius 2 is 2.04 bits per heavy atom. The number of nitrogens with zero attached hydrogens (tertiary/aromatic N) is 1. The molecule has 2 atom stereocenters. The maximum absolute atomic E-state index is 12.8. The molecule has 0 radical (unpaired) electrons. The Bertz CT molecular complexity index is 723. The predicted octanol–water partition coefficient (Wildman–Crippen LogP) is 3.58. The Balaban J connectivity index is 1.81. The average molecular weight is 345 g/mol. The van der Waals surface area contributed by atoms with Crippen LogP contribution in [0.5, 0.6) is 5.75 Å². The van der Waals surface area contributed by atoms with Gasteiger partial charge in [-0.3, -0.25) is 4.79 Å². The lowest BCUT2D eigenvalue weighted by Gasteiger charge is -2.34. The molecule has 1 aliphatic heterocycles. The number of thiophene rings is 1. The fourth-order valence-corrected chi connectivity index (χ4v) is 4.04. The van der Waals surface area contributed by atoms with E-state index in [1.165, 1.54) is 11.3 Å². The van der Waals surface area contributed by atoms with Gasteiger partial charge in [-0.1, -0.05) is 19.1 Å². The Kier molecular flexibility index (Phi) is 4.92. The second-order valence-electron chi connectivity index (χ2n) is 6.39. The van der Waals surface area contributed by atoms with Crippen molar-refractivity contribution in [2.45, 2.75) is 26.4 Å². The lowest BCUT2D eigenvalue weighted by atomic mass is 9.96. The van der Waals surface area contributed by atoms with Crippen LogP contribution >= 0.6 is 11.3 Å². The monoisotopic (exact) mass is 345 g/mol. The van der Waals surface area contributed by atoms with Gasteiger partial charge in [0.1, 0.15) is 5.75 Å². The van der Waals surface area contributed by atoms with Gasteiger partial charge in [-0.15, -0.1) is 11.3 Å². The minimum atomic E-state index is -0.426. The summed E-state index contributed by atoms with van der Waals surface area (Å²) in [7, 11) is 1.65. The third-order valence-corrected chi connectivity index (χ3v) is 5.77. The van der Waals surface area contributed by atoms with Gasteiger partial charge in [-0.25, -0.2) is 0 Å². The van der Waals surface area contributed by atoms with Gasteiger partial charge < -0.3 is 14.7 Å². The molecule has 2 unspecified atom stereocenters. The number of carbonyl (C=O) groups is 1. The molecule has 1 aromatic carbocycles. The van der Waals surface area contributed by atoms with E-state index in [1.54, 1.807) is 12.0 Å². The molecular formula is C19H23NO3S. The zero-order chi connectivity index (χ0) is 17.3. The van der Waals surface area contributed by atoms with Crippen molar-refractivity contribution in [3.8, 4) is 16.9 Å². The predicted molar refractivity (Wildman–Crippen MR) is 96.7 cm³/mol. The summed E-state index contributed by atoms with van der Waals surface area (Å²) in [4.78, 5) is 16.4. The van der Waals surface area contributed by atoms with E-state index in [0.717, 1.165) is 33.1 Å². The van der Waals surface area contributed by atoms with Crippen molar-refractivity contribution in [3.63, 3.8) is 0 Å². The Labute approximate surface area is 146 Å². The second-order valence-corrected chi connectivity index (χ2v) is 7.65. The molecule has 1 aliphatic rings. The van der Waals surface area contributed by atoms with Crippen molar-refractivity contribution in [3.05, 3.63) is 40.1 Å². The standard InChI is InChI=1S/C19H23NO3S/c1-12-8-9-20(11-17(12)21)19(22)18-10-16(13(2)24-18)14-4-6-15(23-3)7-5-14/h4-7,10,12,17,21H,8-9,11H2,1-3H3. The summed E-state index contributed by atoms with van der Waals surface area (Å²) in [6, 6.07) is 9.84. The molecule has 24 heavy (non-hydrogen) atoms. The molecule has 5 heteroatoms. The lowest BCUT2D eigenvalue weighted by molar-refractivity contribution is 0.0251. The Morgan fingerprint density at radius 1 is 1.33 bits per heavy atom. The highest BCUT2D eigenvalue weighted by Crippen LogP contribution is 2.33. The van der Waals surface area contributed by atoms with Gasteiger partial charge in [-0.2, -0.15) is 0 Å². The number of piperidine rings is 1. The van der Waals surface area contributed by atoms with Crippen molar-refractivity contribution in [2.24, 2.45) is 5.92 Å². The highest BCUT2D eigenvalue weighted by Gasteiger charge is 2.28. The zero-order valence-electron chi connectivity index (χ0n) is 14.3. The first kappa shape index (κ1) is 17.0. The normalized spacial score (nSPS) is 20.9. The molecule has 2 aromatic rings. The smallest absolute Gasteiger partial charge is 0.264 e. The molecule has 0 bridgehead atoms. The molecule has 1 aromatic heterocycles. The van der Waals surface area contributed by atoms with Crippen molar-refractivity contribution in [1.29, 1.82) is 0 Å². The molecule has 0 saturated carbocycles. The van der Waals surface area contributed by atoms with Crippen molar-refractivity contribution < 1.29 is 14.6 Å². The molecule has 4 nitrogen and oxygen atoms in total. The van der Waals surface area contributed by atoms with Crippen molar-refractivity contribution >= 4 is 17.2 Å². The third kappa shape index (κ3) is 3.32. The van der Waals surface area contributed by atoms with E-state index in [9.17, 15) is 9.90 Å². The summed E-state index contributed by atoms with van der Waals surface area (Å²) >= 11 is 1.52. The van der Waals surface area contributed by atoms with Crippen LogP contribution in [0, 0.1) is 12.8 Å². The number of aryl methyl sites for hydroxylation is 1. The zero-order valence-corrected chi connectivity index (χ0v) is 15.1. The molecule has 1 N–H and O–H groups in total. The van der Waals surface area contributed by atoms with Gasteiger partial charge in [0.15, 0.2) is 0 Å². The maximum atomic E-state index is 12.8. The highest BCUT2D eigenvalue weighted by molar-refractivity contribution is 7.14. The van der Waals surface area contributed by atoms with Crippen molar-refractivity contribution in [1.82, 2.24) is 4.90 Å². The van der Waals surface area contributed by atoms with E-state index in [4.69, 9.17) is 4.74 Å². The number of hydrogen-bond donors (Lipinski definition) is 1. The van der Waals surface area contributed by atoms with E-state index in [2.05, 4.69) is 0 Å². The Morgan fingerprint density at radius 3 is 2.67 bits per heavy atom. The number of amides is 1. The van der Waals surface area contributed by atoms with Crippen LogP contribution in [0.3, 0.4) is 0 Å².